The normalized spacial score (nSPS) is 15.1. The fraction of sp³-hybridized carbons (Fsp3) is 0.348. The summed E-state index contributed by atoms with van der Waals surface area (Å²) in [7, 11) is 0. The minimum atomic E-state index is -4.52. The Morgan fingerprint density at radius 3 is 1.79 bits per heavy atom. The zero-order valence-corrected chi connectivity index (χ0v) is 18.4. The first-order chi connectivity index (χ1) is 15.4. The molecule has 186 valence electrons. The lowest BCUT2D eigenvalue weighted by molar-refractivity contribution is -0.138. The van der Waals surface area contributed by atoms with Gasteiger partial charge in [0.25, 0.3) is 0 Å². The van der Waals surface area contributed by atoms with Gasteiger partial charge < -0.3 is 22.3 Å². The Hall–Kier alpha value is -2.56. The average molecular weight is 509 g/mol. The van der Waals surface area contributed by atoms with Crippen LogP contribution < -0.4 is 12.4 Å². The fourth-order valence-electron chi connectivity index (χ4n) is 3.53. The Morgan fingerprint density at radius 2 is 1.38 bits per heavy atom. The molecule has 0 saturated carbocycles. The highest BCUT2D eigenvalue weighted by molar-refractivity contribution is 5.87. The molecular weight excluding hydrogens is 488 g/mol. The van der Waals surface area contributed by atoms with Crippen LogP contribution in [0.4, 0.5) is 26.3 Å². The van der Waals surface area contributed by atoms with Gasteiger partial charge in [-0.25, -0.2) is 4.79 Å². The third-order valence-corrected chi connectivity index (χ3v) is 5.28. The molecule has 0 bridgehead atoms. The molecule has 1 aliphatic heterocycles. The van der Waals surface area contributed by atoms with Gasteiger partial charge in [0.2, 0.25) is 0 Å². The number of rotatable bonds is 7. The SMILES string of the molecule is O=C(O)C1=CCCN(CCOC(c2ccc(C(F)(F)F)cc2)c2ccc(C(F)(F)F)cc2)C1.[Cl-]. The largest absolute Gasteiger partial charge is 1.00 e. The summed E-state index contributed by atoms with van der Waals surface area (Å²) in [6.07, 6.45) is -7.73. The highest BCUT2D eigenvalue weighted by atomic mass is 35.5. The van der Waals surface area contributed by atoms with Gasteiger partial charge in [0.15, 0.2) is 0 Å². The standard InChI is InChI=1S/C23H21F6NO3.ClH/c24-22(25,26)18-7-3-15(4-8-18)20(16-5-9-19(10-6-16)23(27,28)29)33-13-12-30-11-1-2-17(14-30)21(31)32;/h2-10,20H,1,11-14H2,(H,31,32);1H/p-1. The summed E-state index contributed by atoms with van der Waals surface area (Å²) in [4.78, 5) is 13.0. The molecule has 11 heteroatoms. The fourth-order valence-corrected chi connectivity index (χ4v) is 3.53. The number of nitrogens with zero attached hydrogens (tertiary/aromatic N) is 1. The maximum atomic E-state index is 12.9. The van der Waals surface area contributed by atoms with Crippen LogP contribution in [0.25, 0.3) is 0 Å². The summed E-state index contributed by atoms with van der Waals surface area (Å²) in [6, 6.07) is 8.51. The molecule has 0 aromatic heterocycles. The first-order valence-corrected chi connectivity index (χ1v) is 10.1. The van der Waals surface area contributed by atoms with Gasteiger partial charge in [-0.3, -0.25) is 4.90 Å². The quantitative estimate of drug-likeness (QED) is 0.584. The molecular formula is C23H21ClF6NO3-. The van der Waals surface area contributed by atoms with E-state index in [2.05, 4.69) is 0 Å². The number of hydrogen-bond donors (Lipinski definition) is 1. The summed E-state index contributed by atoms with van der Waals surface area (Å²) in [5.74, 6) is -1.01. The predicted molar refractivity (Wildman–Crippen MR) is 107 cm³/mol. The lowest BCUT2D eigenvalue weighted by atomic mass is 9.99. The number of carboxylic acid groups (broad SMARTS) is 1. The summed E-state index contributed by atoms with van der Waals surface area (Å²) in [5, 5.41) is 9.14. The van der Waals surface area contributed by atoms with Crippen molar-refractivity contribution in [1.82, 2.24) is 4.90 Å². The third kappa shape index (κ3) is 7.22. The topological polar surface area (TPSA) is 49.8 Å². The molecule has 0 aliphatic carbocycles. The van der Waals surface area contributed by atoms with E-state index in [0.29, 0.717) is 30.6 Å². The van der Waals surface area contributed by atoms with Crippen LogP contribution in [0, 0.1) is 0 Å². The van der Waals surface area contributed by atoms with Crippen LogP contribution in [0.5, 0.6) is 0 Å². The van der Waals surface area contributed by atoms with Gasteiger partial charge in [-0.15, -0.1) is 0 Å². The highest BCUT2D eigenvalue weighted by Gasteiger charge is 2.32. The number of aliphatic carboxylic acids is 1. The maximum absolute atomic E-state index is 12.9. The van der Waals surface area contributed by atoms with Gasteiger partial charge in [-0.2, -0.15) is 26.3 Å². The third-order valence-electron chi connectivity index (χ3n) is 5.28. The predicted octanol–water partition coefficient (Wildman–Crippen LogP) is 2.55. The van der Waals surface area contributed by atoms with Crippen molar-refractivity contribution >= 4 is 5.97 Å². The van der Waals surface area contributed by atoms with Crippen LogP contribution in [-0.2, 0) is 21.9 Å². The number of benzene rings is 2. The van der Waals surface area contributed by atoms with Gasteiger partial charge >= 0.3 is 18.3 Å². The second-order valence-electron chi connectivity index (χ2n) is 7.59. The molecule has 3 rings (SSSR count). The van der Waals surface area contributed by atoms with Gasteiger partial charge in [0.1, 0.15) is 6.10 Å². The molecule has 0 atom stereocenters. The van der Waals surface area contributed by atoms with Crippen LogP contribution in [0.2, 0.25) is 0 Å². The average Bonchev–Trinajstić information content (AvgIpc) is 2.76. The molecule has 0 spiro atoms. The summed E-state index contributed by atoms with van der Waals surface area (Å²) in [6.45, 7) is 1.29. The zero-order chi connectivity index (χ0) is 24.2. The van der Waals surface area contributed by atoms with E-state index in [-0.39, 0.29) is 31.1 Å². The minimum Gasteiger partial charge on any atom is -1.00 e. The van der Waals surface area contributed by atoms with Gasteiger partial charge in [-0.1, -0.05) is 30.3 Å². The number of hydrogen-bond acceptors (Lipinski definition) is 3. The van der Waals surface area contributed by atoms with E-state index in [1.807, 2.05) is 4.90 Å². The van der Waals surface area contributed by atoms with Gasteiger partial charge in [0.05, 0.1) is 17.7 Å². The van der Waals surface area contributed by atoms with Gasteiger partial charge in [-0.05, 0) is 41.8 Å². The maximum Gasteiger partial charge on any atom is 0.416 e. The molecule has 0 amide bonds. The van der Waals surface area contributed by atoms with Crippen molar-refractivity contribution in [3.8, 4) is 0 Å². The van der Waals surface area contributed by atoms with E-state index in [9.17, 15) is 31.1 Å². The summed E-state index contributed by atoms with van der Waals surface area (Å²) < 4.78 is 83.3. The van der Waals surface area contributed by atoms with Crippen LogP contribution in [-0.4, -0.2) is 42.2 Å². The molecule has 4 nitrogen and oxygen atoms in total. The zero-order valence-electron chi connectivity index (χ0n) is 17.7. The summed E-state index contributed by atoms with van der Waals surface area (Å²) in [5.41, 5.74) is -0.722. The van der Waals surface area contributed by atoms with Crippen molar-refractivity contribution in [3.05, 3.63) is 82.4 Å². The minimum absolute atomic E-state index is 0. The number of carbonyl (C=O) groups is 1. The van der Waals surface area contributed by atoms with E-state index >= 15 is 0 Å². The molecule has 34 heavy (non-hydrogen) atoms. The Morgan fingerprint density at radius 1 is 0.912 bits per heavy atom. The second kappa shape index (κ2) is 11.2. The Kier molecular flexibility index (Phi) is 9.15. The van der Waals surface area contributed by atoms with Crippen molar-refractivity contribution in [3.63, 3.8) is 0 Å². The van der Waals surface area contributed by atoms with Crippen molar-refractivity contribution in [2.45, 2.75) is 24.9 Å². The van der Waals surface area contributed by atoms with E-state index in [0.717, 1.165) is 24.3 Å². The van der Waals surface area contributed by atoms with Crippen LogP contribution >= 0.6 is 0 Å². The van der Waals surface area contributed by atoms with Crippen molar-refractivity contribution in [2.24, 2.45) is 0 Å². The molecule has 1 aliphatic rings. The molecule has 1 N–H and O–H groups in total. The van der Waals surface area contributed by atoms with Crippen LogP contribution in [0.15, 0.2) is 60.2 Å². The smallest absolute Gasteiger partial charge is 0.416 e. The molecule has 2 aromatic carbocycles. The highest BCUT2D eigenvalue weighted by Crippen LogP contribution is 2.34. The molecule has 0 radical (unpaired) electrons. The second-order valence-corrected chi connectivity index (χ2v) is 7.59. The molecule has 0 fully saturated rings. The Bertz CT molecular complexity index is 930. The van der Waals surface area contributed by atoms with E-state index in [1.165, 1.54) is 24.3 Å². The molecule has 1 heterocycles. The molecule has 2 aromatic rings. The van der Waals surface area contributed by atoms with Gasteiger partial charge in [0, 0.05) is 25.2 Å². The number of ether oxygens (including phenoxy) is 1. The van der Waals surface area contributed by atoms with Crippen molar-refractivity contribution in [2.75, 3.05) is 26.2 Å². The van der Waals surface area contributed by atoms with Crippen molar-refractivity contribution in [1.29, 1.82) is 0 Å². The lowest BCUT2D eigenvalue weighted by Crippen LogP contribution is -3.00. The van der Waals surface area contributed by atoms with Crippen LogP contribution in [0.1, 0.15) is 34.8 Å². The number of halogens is 7. The van der Waals surface area contributed by atoms with E-state index in [1.54, 1.807) is 6.08 Å². The Balaban J connectivity index is 0.00000408. The van der Waals surface area contributed by atoms with E-state index in [4.69, 9.17) is 9.84 Å². The first kappa shape index (κ1) is 27.7. The molecule has 0 saturated heterocycles. The monoisotopic (exact) mass is 508 g/mol. The number of alkyl halides is 6. The lowest BCUT2D eigenvalue weighted by Gasteiger charge is -2.27. The molecule has 0 unspecified atom stereocenters. The Labute approximate surface area is 198 Å². The van der Waals surface area contributed by atoms with Crippen molar-refractivity contribution < 1.29 is 53.4 Å². The van der Waals surface area contributed by atoms with Crippen LogP contribution in [0.3, 0.4) is 0 Å². The number of carboxylic acids is 1. The first-order valence-electron chi connectivity index (χ1n) is 10.1. The van der Waals surface area contributed by atoms with E-state index < -0.39 is 35.6 Å². The summed E-state index contributed by atoms with van der Waals surface area (Å²) >= 11 is 0.